The standard InChI is InChI=1S/C31H31N3O6S/c1-5-39-26-15-22(10-11-25(26)40-18-29(36)33-24-9-7-6-8-21(24)4)16-27-30(37)34(31(38)41-27)17-28(35)32-23-13-19(2)12-20(3)14-23/h6-16H,5,17-18H2,1-4H3,(H,32,35)(H,33,36)/b27-16-. The molecule has 0 spiro atoms. The maximum absolute atomic E-state index is 13.0. The lowest BCUT2D eigenvalue weighted by Crippen LogP contribution is -2.36. The molecule has 0 bridgehead atoms. The van der Waals surface area contributed by atoms with Crippen molar-refractivity contribution in [2.45, 2.75) is 27.7 Å². The largest absolute Gasteiger partial charge is 0.490 e. The SMILES string of the molecule is CCOc1cc(/C=C2\SC(=O)N(CC(=O)Nc3cc(C)cc(C)c3)C2=O)ccc1OCC(=O)Nc1ccccc1C. The van der Waals surface area contributed by atoms with Gasteiger partial charge in [-0.05, 0) is 98.1 Å². The van der Waals surface area contributed by atoms with Gasteiger partial charge < -0.3 is 20.1 Å². The number of carbonyl (C=O) groups is 4. The van der Waals surface area contributed by atoms with Gasteiger partial charge >= 0.3 is 0 Å². The molecule has 10 heteroatoms. The molecule has 1 aliphatic heterocycles. The van der Waals surface area contributed by atoms with Gasteiger partial charge in [0.1, 0.15) is 6.54 Å². The minimum Gasteiger partial charge on any atom is -0.490 e. The average Bonchev–Trinajstić information content (AvgIpc) is 3.16. The number of nitrogens with zero attached hydrogens (tertiary/aromatic N) is 1. The van der Waals surface area contributed by atoms with Crippen LogP contribution in [0.4, 0.5) is 16.2 Å². The third-order valence-corrected chi connectivity index (χ3v) is 6.93. The van der Waals surface area contributed by atoms with Gasteiger partial charge in [0.15, 0.2) is 18.1 Å². The number of hydrogen-bond donors (Lipinski definition) is 2. The van der Waals surface area contributed by atoms with E-state index in [0.29, 0.717) is 35.0 Å². The molecular weight excluding hydrogens is 542 g/mol. The summed E-state index contributed by atoms with van der Waals surface area (Å²) >= 11 is 0.763. The van der Waals surface area contributed by atoms with Crippen molar-refractivity contribution in [3.05, 3.63) is 87.8 Å². The Morgan fingerprint density at radius 1 is 0.878 bits per heavy atom. The van der Waals surface area contributed by atoms with Crippen molar-refractivity contribution >= 4 is 52.2 Å². The van der Waals surface area contributed by atoms with Crippen molar-refractivity contribution in [3.8, 4) is 11.5 Å². The summed E-state index contributed by atoms with van der Waals surface area (Å²) in [5.41, 5.74) is 4.82. The second-order valence-electron chi connectivity index (χ2n) is 9.48. The van der Waals surface area contributed by atoms with Crippen LogP contribution in [0.25, 0.3) is 6.08 Å². The summed E-state index contributed by atoms with van der Waals surface area (Å²) in [5, 5.41) is 5.04. The summed E-state index contributed by atoms with van der Waals surface area (Å²) in [6, 6.07) is 18.1. The number of aryl methyl sites for hydroxylation is 3. The molecule has 4 rings (SSSR count). The highest BCUT2D eigenvalue weighted by Gasteiger charge is 2.36. The molecule has 3 aromatic carbocycles. The topological polar surface area (TPSA) is 114 Å². The molecular formula is C31H31N3O6S. The zero-order chi connectivity index (χ0) is 29.5. The molecule has 4 amide bonds. The van der Waals surface area contributed by atoms with Crippen molar-refractivity contribution in [1.29, 1.82) is 0 Å². The van der Waals surface area contributed by atoms with E-state index in [0.717, 1.165) is 33.4 Å². The fraction of sp³-hybridized carbons (Fsp3) is 0.226. The van der Waals surface area contributed by atoms with Gasteiger partial charge in [-0.1, -0.05) is 30.3 Å². The maximum Gasteiger partial charge on any atom is 0.294 e. The van der Waals surface area contributed by atoms with Gasteiger partial charge in [0.25, 0.3) is 17.1 Å². The fourth-order valence-electron chi connectivity index (χ4n) is 4.22. The minimum absolute atomic E-state index is 0.183. The number of rotatable bonds is 10. The number of hydrogen-bond acceptors (Lipinski definition) is 7. The Balaban J connectivity index is 1.41. The van der Waals surface area contributed by atoms with Crippen molar-refractivity contribution in [3.63, 3.8) is 0 Å². The van der Waals surface area contributed by atoms with E-state index < -0.39 is 23.6 Å². The molecule has 0 unspecified atom stereocenters. The summed E-state index contributed by atoms with van der Waals surface area (Å²) in [4.78, 5) is 51.7. The highest BCUT2D eigenvalue weighted by molar-refractivity contribution is 8.18. The van der Waals surface area contributed by atoms with Crippen LogP contribution in [0.1, 0.15) is 29.2 Å². The maximum atomic E-state index is 13.0. The highest BCUT2D eigenvalue weighted by atomic mass is 32.2. The molecule has 9 nitrogen and oxygen atoms in total. The minimum atomic E-state index is -0.554. The zero-order valence-electron chi connectivity index (χ0n) is 23.3. The fourth-order valence-corrected chi connectivity index (χ4v) is 5.06. The lowest BCUT2D eigenvalue weighted by atomic mass is 10.1. The predicted molar refractivity (Wildman–Crippen MR) is 160 cm³/mol. The number of carbonyl (C=O) groups excluding carboxylic acids is 4. The highest BCUT2D eigenvalue weighted by Crippen LogP contribution is 2.34. The van der Waals surface area contributed by atoms with Crippen LogP contribution in [0.2, 0.25) is 0 Å². The van der Waals surface area contributed by atoms with E-state index in [1.54, 1.807) is 24.3 Å². The Kier molecular flexibility index (Phi) is 9.46. The third-order valence-electron chi connectivity index (χ3n) is 6.02. The quantitative estimate of drug-likeness (QED) is 0.299. The van der Waals surface area contributed by atoms with Gasteiger partial charge in [0.2, 0.25) is 5.91 Å². The van der Waals surface area contributed by atoms with E-state index in [4.69, 9.17) is 9.47 Å². The Morgan fingerprint density at radius 2 is 1.61 bits per heavy atom. The second-order valence-corrected chi connectivity index (χ2v) is 10.5. The number of amides is 4. The van der Waals surface area contributed by atoms with Gasteiger partial charge in [-0.3, -0.25) is 24.1 Å². The van der Waals surface area contributed by atoms with Gasteiger partial charge in [-0.25, -0.2) is 0 Å². The van der Waals surface area contributed by atoms with Crippen LogP contribution in [0.5, 0.6) is 11.5 Å². The first-order valence-electron chi connectivity index (χ1n) is 13.0. The molecule has 212 valence electrons. The molecule has 0 saturated carbocycles. The first-order chi connectivity index (χ1) is 19.6. The van der Waals surface area contributed by atoms with E-state index in [1.807, 2.05) is 70.2 Å². The number of benzene rings is 3. The van der Waals surface area contributed by atoms with Gasteiger partial charge in [0, 0.05) is 11.4 Å². The van der Waals surface area contributed by atoms with Crippen molar-refractivity contribution < 1.29 is 28.7 Å². The molecule has 1 aliphatic rings. The number of imide groups is 1. The Bertz CT molecular complexity index is 1510. The molecule has 1 heterocycles. The van der Waals surface area contributed by atoms with Gasteiger partial charge in [0.05, 0.1) is 11.5 Å². The van der Waals surface area contributed by atoms with E-state index in [1.165, 1.54) is 0 Å². The van der Waals surface area contributed by atoms with Crippen molar-refractivity contribution in [2.75, 3.05) is 30.4 Å². The van der Waals surface area contributed by atoms with Crippen LogP contribution in [-0.2, 0) is 14.4 Å². The smallest absolute Gasteiger partial charge is 0.294 e. The summed E-state index contributed by atoms with van der Waals surface area (Å²) in [7, 11) is 0. The zero-order valence-corrected chi connectivity index (χ0v) is 24.1. The van der Waals surface area contributed by atoms with E-state index in [9.17, 15) is 19.2 Å². The molecule has 41 heavy (non-hydrogen) atoms. The van der Waals surface area contributed by atoms with Crippen LogP contribution in [0.15, 0.2) is 65.6 Å². The Hall–Kier alpha value is -4.57. The van der Waals surface area contributed by atoms with Crippen molar-refractivity contribution in [1.82, 2.24) is 4.90 Å². The summed E-state index contributed by atoms with van der Waals surface area (Å²) in [6.45, 7) is 7.29. The van der Waals surface area contributed by atoms with E-state index in [2.05, 4.69) is 10.6 Å². The number of para-hydroxylation sites is 1. The third kappa shape index (κ3) is 7.76. The van der Waals surface area contributed by atoms with Crippen molar-refractivity contribution in [2.24, 2.45) is 0 Å². The van der Waals surface area contributed by atoms with Crippen LogP contribution in [-0.4, -0.2) is 47.6 Å². The van der Waals surface area contributed by atoms with Gasteiger partial charge in [-0.2, -0.15) is 0 Å². The Morgan fingerprint density at radius 3 is 2.32 bits per heavy atom. The molecule has 2 N–H and O–H groups in total. The molecule has 0 aromatic heterocycles. The van der Waals surface area contributed by atoms with Crippen LogP contribution in [0, 0.1) is 20.8 Å². The lowest BCUT2D eigenvalue weighted by Gasteiger charge is -2.14. The predicted octanol–water partition coefficient (Wildman–Crippen LogP) is 5.70. The molecule has 1 fully saturated rings. The van der Waals surface area contributed by atoms with Gasteiger partial charge in [-0.15, -0.1) is 0 Å². The van der Waals surface area contributed by atoms with E-state index in [-0.39, 0.29) is 17.4 Å². The monoisotopic (exact) mass is 573 g/mol. The van der Waals surface area contributed by atoms with E-state index >= 15 is 0 Å². The molecule has 0 atom stereocenters. The molecule has 1 saturated heterocycles. The lowest BCUT2D eigenvalue weighted by molar-refractivity contribution is -0.127. The molecule has 0 aliphatic carbocycles. The molecule has 0 radical (unpaired) electrons. The average molecular weight is 574 g/mol. The number of anilines is 2. The van der Waals surface area contributed by atoms with Crippen LogP contribution in [0.3, 0.4) is 0 Å². The Labute approximate surface area is 242 Å². The normalized spacial score (nSPS) is 13.9. The molecule has 3 aromatic rings. The summed E-state index contributed by atoms with van der Waals surface area (Å²) in [6.07, 6.45) is 1.56. The number of nitrogens with one attached hydrogen (secondary N) is 2. The summed E-state index contributed by atoms with van der Waals surface area (Å²) < 4.78 is 11.4. The summed E-state index contributed by atoms with van der Waals surface area (Å²) in [5.74, 6) is -0.593. The second kappa shape index (κ2) is 13.2. The van der Waals surface area contributed by atoms with Crippen LogP contribution >= 0.6 is 11.8 Å². The van der Waals surface area contributed by atoms with Crippen LogP contribution < -0.4 is 20.1 Å². The number of thioether (sulfide) groups is 1. The first kappa shape index (κ1) is 29.4. The first-order valence-corrected chi connectivity index (χ1v) is 13.8. The number of ether oxygens (including phenoxy) is 2.